The Kier molecular flexibility index (Phi) is 3.91. The zero-order valence-electron chi connectivity index (χ0n) is 10.4. The number of esters is 1. The van der Waals surface area contributed by atoms with E-state index in [0.717, 1.165) is 10.7 Å². The van der Waals surface area contributed by atoms with Crippen LogP contribution in [-0.2, 0) is 4.74 Å². The van der Waals surface area contributed by atoms with Crippen molar-refractivity contribution in [3.63, 3.8) is 0 Å². The fourth-order valence-corrected chi connectivity index (χ4v) is 2.23. The molecule has 0 aliphatic rings. The molecular weight excluding hydrogens is 224 g/mol. The monoisotopic (exact) mass is 242 g/mol. The van der Waals surface area contributed by atoms with E-state index < -0.39 is 0 Å². The molecule has 0 unspecified atom stereocenters. The number of nitrogens with one attached hydrogen (secondary N) is 1. The zero-order chi connectivity index (χ0) is 12.3. The lowest BCUT2D eigenvalue weighted by Gasteiger charge is -2.21. The summed E-state index contributed by atoms with van der Waals surface area (Å²) in [6.45, 7) is 10.1. The van der Waals surface area contributed by atoms with Crippen LogP contribution in [0.15, 0.2) is 0 Å². The molecule has 4 nitrogen and oxygen atoms in total. The summed E-state index contributed by atoms with van der Waals surface area (Å²) in [5.41, 5.74) is 1.18. The lowest BCUT2D eigenvalue weighted by atomic mass is 10.1. The number of hydrogen-bond donors (Lipinski definition) is 1. The van der Waals surface area contributed by atoms with E-state index in [1.54, 1.807) is 6.92 Å². The van der Waals surface area contributed by atoms with E-state index >= 15 is 0 Å². The van der Waals surface area contributed by atoms with Crippen molar-refractivity contribution in [1.29, 1.82) is 0 Å². The van der Waals surface area contributed by atoms with Gasteiger partial charge >= 0.3 is 5.97 Å². The molecule has 0 atom stereocenters. The van der Waals surface area contributed by atoms with Gasteiger partial charge in [-0.3, -0.25) is 0 Å². The fourth-order valence-electron chi connectivity index (χ4n) is 1.24. The summed E-state index contributed by atoms with van der Waals surface area (Å²) in [6, 6.07) is 0. The van der Waals surface area contributed by atoms with Crippen LogP contribution in [0.5, 0.6) is 0 Å². The number of hydrogen-bond acceptors (Lipinski definition) is 5. The first-order valence-electron chi connectivity index (χ1n) is 5.26. The Labute approximate surface area is 100 Å². The van der Waals surface area contributed by atoms with Crippen molar-refractivity contribution in [3.05, 3.63) is 11.3 Å². The van der Waals surface area contributed by atoms with E-state index in [-0.39, 0.29) is 11.5 Å². The Morgan fingerprint density at radius 3 is 2.62 bits per heavy atom. The number of nitrogens with zero attached hydrogens (tertiary/aromatic N) is 1. The first kappa shape index (κ1) is 13.0. The van der Waals surface area contributed by atoms with Crippen LogP contribution in [0.3, 0.4) is 0 Å². The van der Waals surface area contributed by atoms with Crippen LogP contribution in [0.4, 0.5) is 5.00 Å². The van der Waals surface area contributed by atoms with Gasteiger partial charge in [0.15, 0.2) is 0 Å². The minimum Gasteiger partial charge on any atom is -0.462 e. The smallest absolute Gasteiger partial charge is 0.343 e. The number of anilines is 1. The van der Waals surface area contributed by atoms with Gasteiger partial charge in [0.1, 0.15) is 10.6 Å². The molecule has 0 saturated carbocycles. The molecule has 5 heteroatoms. The average molecular weight is 242 g/mol. The molecule has 0 spiro atoms. The molecule has 1 aromatic heterocycles. The third-order valence-corrected chi connectivity index (χ3v) is 2.68. The highest BCUT2D eigenvalue weighted by atomic mass is 32.1. The molecule has 0 aliphatic heterocycles. The van der Waals surface area contributed by atoms with E-state index in [4.69, 9.17) is 4.74 Å². The minimum absolute atomic E-state index is 0.0970. The van der Waals surface area contributed by atoms with E-state index in [2.05, 4.69) is 9.69 Å². The summed E-state index contributed by atoms with van der Waals surface area (Å²) in [6.07, 6.45) is 0. The summed E-state index contributed by atoms with van der Waals surface area (Å²) in [7, 11) is 0. The molecule has 16 heavy (non-hydrogen) atoms. The molecule has 0 radical (unpaired) electrons. The van der Waals surface area contributed by atoms with Gasteiger partial charge in [0.05, 0.1) is 12.3 Å². The number of aromatic nitrogens is 1. The van der Waals surface area contributed by atoms with Crippen molar-refractivity contribution in [1.82, 2.24) is 4.37 Å². The molecule has 1 aromatic rings. The Morgan fingerprint density at radius 2 is 2.12 bits per heavy atom. The fraction of sp³-hybridized carbons (Fsp3) is 0.636. The van der Waals surface area contributed by atoms with Crippen LogP contribution in [0.2, 0.25) is 0 Å². The van der Waals surface area contributed by atoms with Gasteiger partial charge in [-0.1, -0.05) is 0 Å². The standard InChI is InChI=1S/C11H18N2O2S/c1-6-15-10(14)8-7(2)13-16-9(8)12-11(3,4)5/h12H,6H2,1-5H3. The van der Waals surface area contributed by atoms with Crippen LogP contribution < -0.4 is 5.32 Å². The summed E-state index contributed by atoms with van der Waals surface area (Å²) >= 11 is 1.30. The quantitative estimate of drug-likeness (QED) is 0.828. The molecule has 1 N–H and O–H groups in total. The molecule has 0 saturated heterocycles. The van der Waals surface area contributed by atoms with Crippen LogP contribution in [0.25, 0.3) is 0 Å². The molecule has 0 bridgehead atoms. The molecule has 1 rings (SSSR count). The highest BCUT2D eigenvalue weighted by Crippen LogP contribution is 2.27. The van der Waals surface area contributed by atoms with E-state index in [1.165, 1.54) is 11.5 Å². The third-order valence-electron chi connectivity index (χ3n) is 1.83. The van der Waals surface area contributed by atoms with E-state index in [1.807, 2.05) is 27.7 Å². The topological polar surface area (TPSA) is 51.2 Å². The molecular formula is C11H18N2O2S. The Morgan fingerprint density at radius 1 is 1.50 bits per heavy atom. The first-order valence-corrected chi connectivity index (χ1v) is 6.04. The van der Waals surface area contributed by atoms with Crippen molar-refractivity contribution in [3.8, 4) is 0 Å². The average Bonchev–Trinajstić information content (AvgIpc) is 2.44. The van der Waals surface area contributed by atoms with Gasteiger partial charge in [0.25, 0.3) is 0 Å². The normalized spacial score (nSPS) is 11.3. The summed E-state index contributed by atoms with van der Waals surface area (Å²) < 4.78 is 9.19. The van der Waals surface area contributed by atoms with Crippen LogP contribution in [0, 0.1) is 6.92 Å². The highest BCUT2D eigenvalue weighted by molar-refractivity contribution is 7.10. The Balaban J connectivity index is 2.98. The largest absolute Gasteiger partial charge is 0.462 e. The number of aryl methyl sites for hydroxylation is 1. The number of carbonyl (C=O) groups excluding carboxylic acids is 1. The lowest BCUT2D eigenvalue weighted by Crippen LogP contribution is -2.26. The SMILES string of the molecule is CCOC(=O)c1c(C)nsc1NC(C)(C)C. The summed E-state index contributed by atoms with van der Waals surface area (Å²) in [5, 5.41) is 4.05. The van der Waals surface area contributed by atoms with Crippen LogP contribution >= 0.6 is 11.5 Å². The second kappa shape index (κ2) is 4.82. The van der Waals surface area contributed by atoms with Crippen molar-refractivity contribution in [2.24, 2.45) is 0 Å². The van der Waals surface area contributed by atoms with Crippen LogP contribution in [0.1, 0.15) is 43.7 Å². The van der Waals surface area contributed by atoms with Gasteiger partial charge < -0.3 is 10.1 Å². The van der Waals surface area contributed by atoms with Crippen molar-refractivity contribution in [2.45, 2.75) is 40.2 Å². The molecule has 90 valence electrons. The molecule has 0 amide bonds. The molecule has 0 aromatic carbocycles. The summed E-state index contributed by atoms with van der Waals surface area (Å²) in [5.74, 6) is -0.305. The van der Waals surface area contributed by atoms with Gasteiger partial charge in [-0.2, -0.15) is 4.37 Å². The summed E-state index contributed by atoms with van der Waals surface area (Å²) in [4.78, 5) is 11.7. The van der Waals surface area contributed by atoms with E-state index in [0.29, 0.717) is 12.2 Å². The van der Waals surface area contributed by atoms with Gasteiger partial charge in [0.2, 0.25) is 0 Å². The Bertz CT molecular complexity index is 380. The number of carbonyl (C=O) groups is 1. The second-order valence-corrected chi connectivity index (χ2v) is 5.34. The predicted molar refractivity (Wildman–Crippen MR) is 66.2 cm³/mol. The number of rotatable bonds is 3. The predicted octanol–water partition coefficient (Wildman–Crippen LogP) is 2.84. The van der Waals surface area contributed by atoms with Gasteiger partial charge in [-0.25, -0.2) is 4.79 Å². The van der Waals surface area contributed by atoms with Gasteiger partial charge in [-0.05, 0) is 46.2 Å². The maximum absolute atomic E-state index is 11.7. The molecule has 0 aliphatic carbocycles. The third kappa shape index (κ3) is 3.20. The van der Waals surface area contributed by atoms with Crippen molar-refractivity contribution in [2.75, 3.05) is 11.9 Å². The van der Waals surface area contributed by atoms with Gasteiger partial charge in [-0.15, -0.1) is 0 Å². The second-order valence-electron chi connectivity index (χ2n) is 4.57. The van der Waals surface area contributed by atoms with Crippen molar-refractivity contribution < 1.29 is 9.53 Å². The van der Waals surface area contributed by atoms with Crippen molar-refractivity contribution >= 4 is 22.5 Å². The molecule has 0 fully saturated rings. The maximum Gasteiger partial charge on any atom is 0.343 e. The zero-order valence-corrected chi connectivity index (χ0v) is 11.2. The van der Waals surface area contributed by atoms with E-state index in [9.17, 15) is 4.79 Å². The maximum atomic E-state index is 11.7. The lowest BCUT2D eigenvalue weighted by molar-refractivity contribution is 0.0527. The first-order chi connectivity index (χ1) is 7.35. The Hall–Kier alpha value is -1.10. The van der Waals surface area contributed by atoms with Gasteiger partial charge in [0, 0.05) is 5.54 Å². The highest BCUT2D eigenvalue weighted by Gasteiger charge is 2.22. The molecule has 1 heterocycles. The minimum atomic E-state index is -0.305. The number of ether oxygens (including phenoxy) is 1. The van der Waals surface area contributed by atoms with Crippen LogP contribution in [-0.4, -0.2) is 22.5 Å².